The number of carbonyl (C=O) groups is 2. The Hall–Kier alpha value is -3.47. The molecule has 0 bridgehead atoms. The minimum atomic E-state index is -0.565. The highest BCUT2D eigenvalue weighted by molar-refractivity contribution is 7.06. The summed E-state index contributed by atoms with van der Waals surface area (Å²) in [6, 6.07) is 10.7. The molecule has 1 heterocycles. The maximum Gasteiger partial charge on any atom is 0.411 e. The molecule has 11 heteroatoms. The molecule has 9 nitrogen and oxygen atoms in total. The fourth-order valence-corrected chi connectivity index (χ4v) is 4.43. The van der Waals surface area contributed by atoms with Crippen LogP contribution in [0.15, 0.2) is 41.4 Å². The van der Waals surface area contributed by atoms with E-state index in [4.69, 9.17) is 22.1 Å². The number of aliphatic imine (C=N–C) groups is 1. The summed E-state index contributed by atoms with van der Waals surface area (Å²) in [7, 11) is 0. The van der Waals surface area contributed by atoms with Gasteiger partial charge in [0.2, 0.25) is 0 Å². The van der Waals surface area contributed by atoms with Gasteiger partial charge in [-0.2, -0.15) is 9.37 Å². The average Bonchev–Trinajstić information content (AvgIpc) is 3.25. The zero-order valence-electron chi connectivity index (χ0n) is 20.2. The number of anilines is 1. The van der Waals surface area contributed by atoms with Crippen LogP contribution in [0.1, 0.15) is 45.3 Å². The second-order valence-electron chi connectivity index (χ2n) is 8.00. The SMILES string of the molecule is CCCOC(=O)Nc1c(C)cc(CN/C(N)=N\C(=O)c2c(-c3ccc(CO)cc3)nsc2C)cc1Cl. The van der Waals surface area contributed by atoms with Gasteiger partial charge in [-0.1, -0.05) is 48.9 Å². The number of aliphatic hydroxyl groups excluding tert-OH is 1. The third-order valence-electron chi connectivity index (χ3n) is 5.19. The van der Waals surface area contributed by atoms with E-state index in [1.54, 1.807) is 37.3 Å². The lowest BCUT2D eigenvalue weighted by Crippen LogP contribution is -2.32. The number of carbonyl (C=O) groups excluding carboxylic acids is 2. The van der Waals surface area contributed by atoms with Crippen molar-refractivity contribution in [3.8, 4) is 11.3 Å². The number of aromatic nitrogens is 1. The summed E-state index contributed by atoms with van der Waals surface area (Å²) in [5.41, 5.74) is 10.4. The normalized spacial score (nSPS) is 11.3. The number of nitrogens with two attached hydrogens (primary N) is 1. The summed E-state index contributed by atoms with van der Waals surface area (Å²) in [5.74, 6) is -0.557. The fraction of sp³-hybridized carbons (Fsp3) is 0.280. The maximum absolute atomic E-state index is 12.9. The van der Waals surface area contributed by atoms with Crippen molar-refractivity contribution < 1.29 is 19.4 Å². The third kappa shape index (κ3) is 6.81. The van der Waals surface area contributed by atoms with Crippen LogP contribution >= 0.6 is 23.1 Å². The number of aliphatic hydroxyl groups is 1. The van der Waals surface area contributed by atoms with E-state index in [2.05, 4.69) is 20.0 Å². The lowest BCUT2D eigenvalue weighted by molar-refractivity contribution is 0.100. The van der Waals surface area contributed by atoms with Crippen molar-refractivity contribution in [2.45, 2.75) is 40.3 Å². The standard InChI is InChI=1S/C25H28ClN5O4S/c1-4-9-35-25(34)29-21-14(2)10-17(11-19(21)26)12-28-24(27)30-23(33)20-15(3)36-31-22(20)18-7-5-16(13-32)6-8-18/h5-8,10-11,32H,4,9,12-13H2,1-3H3,(H,29,34)(H3,27,28,30,33). The number of rotatable bonds is 8. The minimum Gasteiger partial charge on any atom is -0.449 e. The first-order valence-electron chi connectivity index (χ1n) is 11.2. The number of halogens is 1. The number of hydrogen-bond donors (Lipinski definition) is 4. The van der Waals surface area contributed by atoms with Crippen LogP contribution in [0.4, 0.5) is 10.5 Å². The van der Waals surface area contributed by atoms with Gasteiger partial charge in [0.1, 0.15) is 0 Å². The molecule has 3 aromatic rings. The van der Waals surface area contributed by atoms with E-state index < -0.39 is 12.0 Å². The van der Waals surface area contributed by atoms with Crippen molar-refractivity contribution in [1.29, 1.82) is 0 Å². The van der Waals surface area contributed by atoms with E-state index in [1.165, 1.54) is 11.5 Å². The first-order chi connectivity index (χ1) is 17.2. The number of aryl methyl sites for hydroxylation is 2. The number of hydrogen-bond acceptors (Lipinski definition) is 6. The Bertz CT molecular complexity index is 1250. The summed E-state index contributed by atoms with van der Waals surface area (Å²) >= 11 is 7.57. The third-order valence-corrected chi connectivity index (χ3v) is 6.24. The molecule has 0 aliphatic heterocycles. The molecule has 0 unspecified atom stereocenters. The first-order valence-corrected chi connectivity index (χ1v) is 12.4. The first kappa shape index (κ1) is 27.1. The Balaban J connectivity index is 1.70. The molecule has 3 rings (SSSR count). The summed E-state index contributed by atoms with van der Waals surface area (Å²) in [6.07, 6.45) is 0.155. The van der Waals surface area contributed by atoms with Crippen molar-refractivity contribution in [2.75, 3.05) is 11.9 Å². The van der Waals surface area contributed by atoms with Crippen molar-refractivity contribution >= 4 is 46.8 Å². The molecule has 36 heavy (non-hydrogen) atoms. The van der Waals surface area contributed by atoms with Gasteiger partial charge in [0.15, 0.2) is 5.96 Å². The van der Waals surface area contributed by atoms with E-state index in [0.29, 0.717) is 28.6 Å². The molecule has 190 valence electrons. The zero-order valence-corrected chi connectivity index (χ0v) is 21.8. The summed E-state index contributed by atoms with van der Waals surface area (Å²) < 4.78 is 9.44. The summed E-state index contributed by atoms with van der Waals surface area (Å²) in [4.78, 5) is 29.5. The molecular weight excluding hydrogens is 502 g/mol. The topological polar surface area (TPSA) is 139 Å². The average molecular weight is 530 g/mol. The zero-order chi connectivity index (χ0) is 26.2. The number of nitrogens with zero attached hydrogens (tertiary/aromatic N) is 2. The molecule has 0 atom stereocenters. The molecule has 5 N–H and O–H groups in total. The van der Waals surface area contributed by atoms with E-state index in [1.807, 2.05) is 19.9 Å². The molecule has 0 aliphatic rings. The molecule has 0 saturated carbocycles. The molecule has 2 amide bonds. The Labute approximate surface area is 218 Å². The highest BCUT2D eigenvalue weighted by atomic mass is 35.5. The van der Waals surface area contributed by atoms with Crippen LogP contribution in [-0.2, 0) is 17.9 Å². The molecule has 0 fully saturated rings. The van der Waals surface area contributed by atoms with Gasteiger partial charge in [-0.05, 0) is 54.6 Å². The minimum absolute atomic E-state index is 0.0497. The number of nitrogens with one attached hydrogen (secondary N) is 2. The number of ether oxygens (including phenoxy) is 1. The van der Waals surface area contributed by atoms with Crippen LogP contribution in [0.5, 0.6) is 0 Å². The van der Waals surface area contributed by atoms with Crippen molar-refractivity contribution in [3.63, 3.8) is 0 Å². The number of guanidine groups is 1. The van der Waals surface area contributed by atoms with Crippen LogP contribution in [0.25, 0.3) is 11.3 Å². The van der Waals surface area contributed by atoms with Gasteiger partial charge in [-0.15, -0.1) is 0 Å². The van der Waals surface area contributed by atoms with Crippen molar-refractivity contribution in [1.82, 2.24) is 9.69 Å². The second kappa shape index (κ2) is 12.5. The molecule has 2 aromatic carbocycles. The predicted molar refractivity (Wildman–Crippen MR) is 142 cm³/mol. The van der Waals surface area contributed by atoms with Gasteiger partial charge in [0, 0.05) is 17.0 Å². The van der Waals surface area contributed by atoms with E-state index in [0.717, 1.165) is 33.6 Å². The highest BCUT2D eigenvalue weighted by Gasteiger charge is 2.20. The Morgan fingerprint density at radius 2 is 1.92 bits per heavy atom. The Morgan fingerprint density at radius 1 is 1.19 bits per heavy atom. The van der Waals surface area contributed by atoms with Gasteiger partial charge in [0.05, 0.1) is 35.2 Å². The van der Waals surface area contributed by atoms with E-state index in [-0.39, 0.29) is 19.1 Å². The van der Waals surface area contributed by atoms with E-state index >= 15 is 0 Å². The highest BCUT2D eigenvalue weighted by Crippen LogP contribution is 2.29. The number of benzene rings is 2. The van der Waals surface area contributed by atoms with Crippen LogP contribution < -0.4 is 16.4 Å². The maximum atomic E-state index is 12.9. The van der Waals surface area contributed by atoms with Gasteiger partial charge in [-0.25, -0.2) is 4.79 Å². The van der Waals surface area contributed by atoms with Crippen molar-refractivity contribution in [3.05, 3.63) is 68.6 Å². The van der Waals surface area contributed by atoms with Crippen molar-refractivity contribution in [2.24, 2.45) is 10.7 Å². The molecule has 1 aromatic heterocycles. The summed E-state index contributed by atoms with van der Waals surface area (Å²) in [6.45, 7) is 6.04. The van der Waals surface area contributed by atoms with Crippen LogP contribution in [-0.4, -0.2) is 34.0 Å². The largest absolute Gasteiger partial charge is 0.449 e. The molecule has 0 saturated heterocycles. The predicted octanol–water partition coefficient (Wildman–Crippen LogP) is 4.78. The van der Waals surface area contributed by atoms with Crippen LogP contribution in [0.3, 0.4) is 0 Å². The van der Waals surface area contributed by atoms with Crippen LogP contribution in [0, 0.1) is 13.8 Å². The second-order valence-corrected chi connectivity index (χ2v) is 9.39. The quantitative estimate of drug-likeness (QED) is 0.243. The Morgan fingerprint density at radius 3 is 2.56 bits per heavy atom. The monoisotopic (exact) mass is 529 g/mol. The lowest BCUT2D eigenvalue weighted by Gasteiger charge is -2.13. The molecule has 0 spiro atoms. The molecular formula is C25H28ClN5O4S. The Kier molecular flexibility index (Phi) is 9.40. The van der Waals surface area contributed by atoms with E-state index in [9.17, 15) is 14.7 Å². The van der Waals surface area contributed by atoms with Gasteiger partial charge >= 0.3 is 6.09 Å². The molecule has 0 radical (unpaired) electrons. The van der Waals surface area contributed by atoms with Gasteiger partial charge in [0.25, 0.3) is 5.91 Å². The molecule has 0 aliphatic carbocycles. The van der Waals surface area contributed by atoms with Gasteiger partial charge < -0.3 is 20.9 Å². The lowest BCUT2D eigenvalue weighted by atomic mass is 10.0. The fourth-order valence-electron chi connectivity index (χ4n) is 3.40. The number of amides is 2. The van der Waals surface area contributed by atoms with Gasteiger partial charge in [-0.3, -0.25) is 10.1 Å². The van der Waals surface area contributed by atoms with Crippen LogP contribution in [0.2, 0.25) is 5.02 Å². The smallest absolute Gasteiger partial charge is 0.411 e. The summed E-state index contributed by atoms with van der Waals surface area (Å²) in [5, 5.41) is 15.2.